The molecule has 0 saturated heterocycles. The van der Waals surface area contributed by atoms with Crippen LogP contribution in [0.4, 0.5) is 0 Å². The minimum atomic E-state index is 0.133. The van der Waals surface area contributed by atoms with Crippen LogP contribution in [0.15, 0.2) is 35.9 Å². The molecule has 2 rings (SSSR count). The van der Waals surface area contributed by atoms with Gasteiger partial charge in [-0.25, -0.2) is 0 Å². The number of hydrogen-bond donors (Lipinski definition) is 0. The maximum atomic E-state index is 11.9. The fourth-order valence-electron chi connectivity index (χ4n) is 1.89. The molecular weight excluding hydrogens is 208 g/mol. The van der Waals surface area contributed by atoms with Gasteiger partial charge in [0.1, 0.15) is 0 Å². The lowest BCUT2D eigenvalue weighted by Gasteiger charge is -2.03. The summed E-state index contributed by atoms with van der Waals surface area (Å²) in [6.45, 7) is 0. The molecule has 0 radical (unpaired) electrons. The van der Waals surface area contributed by atoms with Crippen LogP contribution < -0.4 is 0 Å². The zero-order valence-corrected chi connectivity index (χ0v) is 9.26. The number of Topliss-reactive ketones (excluding diaryl/α,β-unsaturated/α-hetero) is 1. The monoisotopic (exact) mass is 220 g/mol. The maximum Gasteiger partial charge on any atom is 0.168 e. The van der Waals surface area contributed by atoms with Crippen LogP contribution in [0.3, 0.4) is 0 Å². The number of hydrogen-bond acceptors (Lipinski definition) is 1. The van der Waals surface area contributed by atoms with Gasteiger partial charge in [-0.05, 0) is 31.4 Å². The molecule has 0 bridgehead atoms. The lowest BCUT2D eigenvalue weighted by Crippen LogP contribution is -2.00. The van der Waals surface area contributed by atoms with Gasteiger partial charge in [0.2, 0.25) is 0 Å². The van der Waals surface area contributed by atoms with E-state index >= 15 is 0 Å². The Balaban J connectivity index is 2.11. The lowest BCUT2D eigenvalue weighted by atomic mass is 10.0. The predicted octanol–water partition coefficient (Wildman–Crippen LogP) is 4.02. The first-order chi connectivity index (χ1) is 7.27. The van der Waals surface area contributed by atoms with Gasteiger partial charge in [0.15, 0.2) is 5.78 Å². The zero-order chi connectivity index (χ0) is 10.7. The summed E-state index contributed by atoms with van der Waals surface area (Å²) < 4.78 is 0. The van der Waals surface area contributed by atoms with E-state index in [2.05, 4.69) is 6.08 Å². The minimum Gasteiger partial charge on any atom is -0.294 e. The average Bonchev–Trinajstić information content (AvgIpc) is 2.71. The van der Waals surface area contributed by atoms with Gasteiger partial charge in [0.25, 0.3) is 0 Å². The van der Waals surface area contributed by atoms with Crippen molar-refractivity contribution in [3.05, 3.63) is 46.5 Å². The fraction of sp³-hybridized carbons (Fsp3) is 0.308. The molecule has 0 aliphatic heterocycles. The van der Waals surface area contributed by atoms with E-state index in [1.54, 1.807) is 12.1 Å². The first-order valence-electron chi connectivity index (χ1n) is 5.23. The van der Waals surface area contributed by atoms with Crippen LogP contribution in [-0.4, -0.2) is 5.78 Å². The minimum absolute atomic E-state index is 0.133. The molecule has 1 nitrogen and oxygen atoms in total. The third-order valence-corrected chi connectivity index (χ3v) is 3.03. The number of rotatable bonds is 3. The molecule has 2 heteroatoms. The first kappa shape index (κ1) is 10.4. The summed E-state index contributed by atoms with van der Waals surface area (Å²) in [6, 6.07) is 7.24. The Morgan fingerprint density at radius 1 is 1.33 bits per heavy atom. The van der Waals surface area contributed by atoms with Crippen molar-refractivity contribution in [3.8, 4) is 0 Å². The Bertz CT molecular complexity index is 407. The quantitative estimate of drug-likeness (QED) is 0.556. The molecule has 0 fully saturated rings. The van der Waals surface area contributed by atoms with Crippen molar-refractivity contribution in [2.45, 2.75) is 25.7 Å². The van der Waals surface area contributed by atoms with E-state index in [0.29, 0.717) is 17.0 Å². The fourth-order valence-corrected chi connectivity index (χ4v) is 2.13. The normalized spacial score (nSPS) is 15.1. The highest BCUT2D eigenvalue weighted by molar-refractivity contribution is 6.34. The van der Waals surface area contributed by atoms with E-state index in [0.717, 1.165) is 12.8 Å². The van der Waals surface area contributed by atoms with Gasteiger partial charge in [-0.15, -0.1) is 0 Å². The number of carbonyl (C=O) groups excluding carboxylic acids is 1. The van der Waals surface area contributed by atoms with E-state index in [9.17, 15) is 4.79 Å². The highest BCUT2D eigenvalue weighted by atomic mass is 35.5. The van der Waals surface area contributed by atoms with Crippen LogP contribution in [0.2, 0.25) is 5.02 Å². The van der Waals surface area contributed by atoms with Crippen LogP contribution in [-0.2, 0) is 0 Å². The van der Waals surface area contributed by atoms with Crippen LogP contribution in [0.1, 0.15) is 36.0 Å². The first-order valence-corrected chi connectivity index (χ1v) is 5.61. The second kappa shape index (κ2) is 4.63. The van der Waals surface area contributed by atoms with E-state index < -0.39 is 0 Å². The number of halogens is 1. The molecule has 1 aromatic carbocycles. The molecule has 78 valence electrons. The standard InChI is InChI=1S/C13H13ClO/c14-12-8-4-3-7-11(12)13(15)9-10-5-1-2-6-10/h3-5,7-8H,1-2,6,9H2. The summed E-state index contributed by atoms with van der Waals surface area (Å²) in [5.41, 5.74) is 1.91. The van der Waals surface area contributed by atoms with Crippen LogP contribution >= 0.6 is 11.6 Å². The molecule has 0 unspecified atom stereocenters. The molecule has 1 aliphatic rings. The van der Waals surface area contributed by atoms with E-state index in [1.165, 1.54) is 12.0 Å². The van der Waals surface area contributed by atoms with Crippen molar-refractivity contribution in [1.29, 1.82) is 0 Å². The van der Waals surface area contributed by atoms with E-state index in [1.807, 2.05) is 12.1 Å². The molecular formula is C13H13ClO. The van der Waals surface area contributed by atoms with Crippen molar-refractivity contribution in [1.82, 2.24) is 0 Å². The second-order valence-electron chi connectivity index (χ2n) is 3.83. The summed E-state index contributed by atoms with van der Waals surface area (Å²) in [6.07, 6.45) is 6.07. The van der Waals surface area contributed by atoms with Gasteiger partial charge >= 0.3 is 0 Å². The summed E-state index contributed by atoms with van der Waals surface area (Å²) in [5.74, 6) is 0.133. The van der Waals surface area contributed by atoms with Crippen molar-refractivity contribution >= 4 is 17.4 Å². The Hall–Kier alpha value is -1.08. The smallest absolute Gasteiger partial charge is 0.168 e. The summed E-state index contributed by atoms with van der Waals surface area (Å²) in [5, 5.41) is 0.557. The van der Waals surface area contributed by atoms with Crippen molar-refractivity contribution < 1.29 is 4.79 Å². The van der Waals surface area contributed by atoms with Gasteiger partial charge in [0.05, 0.1) is 5.02 Å². The SMILES string of the molecule is O=C(CC1=CCCC1)c1ccccc1Cl. The molecule has 1 aromatic rings. The van der Waals surface area contributed by atoms with Crippen molar-refractivity contribution in [3.63, 3.8) is 0 Å². The third kappa shape index (κ3) is 2.48. The molecule has 0 saturated carbocycles. The summed E-state index contributed by atoms with van der Waals surface area (Å²) in [4.78, 5) is 11.9. The zero-order valence-electron chi connectivity index (χ0n) is 8.50. The number of benzene rings is 1. The molecule has 0 N–H and O–H groups in total. The molecule has 0 amide bonds. The van der Waals surface area contributed by atoms with Crippen molar-refractivity contribution in [2.24, 2.45) is 0 Å². The second-order valence-corrected chi connectivity index (χ2v) is 4.24. The Morgan fingerprint density at radius 2 is 2.13 bits per heavy atom. The summed E-state index contributed by atoms with van der Waals surface area (Å²) >= 11 is 5.96. The Labute approximate surface area is 94.8 Å². The van der Waals surface area contributed by atoms with Gasteiger partial charge in [0, 0.05) is 12.0 Å². The lowest BCUT2D eigenvalue weighted by molar-refractivity contribution is 0.0992. The number of ketones is 1. The van der Waals surface area contributed by atoms with Crippen molar-refractivity contribution in [2.75, 3.05) is 0 Å². The van der Waals surface area contributed by atoms with Crippen LogP contribution in [0.5, 0.6) is 0 Å². The van der Waals surface area contributed by atoms with E-state index in [-0.39, 0.29) is 5.78 Å². The third-order valence-electron chi connectivity index (χ3n) is 2.70. The van der Waals surface area contributed by atoms with Gasteiger partial charge in [-0.1, -0.05) is 35.4 Å². The molecule has 0 atom stereocenters. The van der Waals surface area contributed by atoms with Gasteiger partial charge < -0.3 is 0 Å². The highest BCUT2D eigenvalue weighted by Crippen LogP contribution is 2.24. The largest absolute Gasteiger partial charge is 0.294 e. The topological polar surface area (TPSA) is 17.1 Å². The van der Waals surface area contributed by atoms with Crippen LogP contribution in [0, 0.1) is 0 Å². The predicted molar refractivity (Wildman–Crippen MR) is 62.3 cm³/mol. The molecule has 0 heterocycles. The van der Waals surface area contributed by atoms with E-state index in [4.69, 9.17) is 11.6 Å². The average molecular weight is 221 g/mol. The van der Waals surface area contributed by atoms with Crippen LogP contribution in [0.25, 0.3) is 0 Å². The number of carbonyl (C=O) groups is 1. The summed E-state index contributed by atoms with van der Waals surface area (Å²) in [7, 11) is 0. The maximum absolute atomic E-state index is 11.9. The van der Waals surface area contributed by atoms with Gasteiger partial charge in [-0.2, -0.15) is 0 Å². The highest BCUT2D eigenvalue weighted by Gasteiger charge is 2.13. The van der Waals surface area contributed by atoms with Gasteiger partial charge in [-0.3, -0.25) is 4.79 Å². The Morgan fingerprint density at radius 3 is 2.80 bits per heavy atom. The molecule has 1 aliphatic carbocycles. The molecule has 0 aromatic heterocycles. The molecule has 15 heavy (non-hydrogen) atoms. The molecule has 0 spiro atoms. The number of allylic oxidation sites excluding steroid dienone is 2. The Kier molecular flexibility index (Phi) is 3.22.